The van der Waals surface area contributed by atoms with Gasteiger partial charge in [0.15, 0.2) is 0 Å². The maximum Gasteiger partial charge on any atom is 0.0363 e. The van der Waals surface area contributed by atoms with E-state index >= 15 is 0 Å². The quantitative estimate of drug-likeness (QED) is 0.426. The zero-order chi connectivity index (χ0) is 22.8. The number of likely N-dealkylation sites (tertiary alicyclic amines) is 1. The lowest BCUT2D eigenvalue weighted by atomic mass is 9.74. The minimum atomic E-state index is 0.483. The van der Waals surface area contributed by atoms with E-state index in [0.717, 1.165) is 13.1 Å². The van der Waals surface area contributed by atoms with Crippen LogP contribution < -0.4 is 4.90 Å². The third-order valence-electron chi connectivity index (χ3n) is 7.71. The maximum atomic E-state index is 2.65. The fourth-order valence-corrected chi connectivity index (χ4v) is 5.66. The first-order valence-corrected chi connectivity index (χ1v) is 12.5. The van der Waals surface area contributed by atoms with E-state index in [4.69, 9.17) is 0 Å². The molecule has 0 radical (unpaired) electrons. The molecule has 33 heavy (non-hydrogen) atoms. The summed E-state index contributed by atoms with van der Waals surface area (Å²) in [5, 5.41) is 0. The Balaban J connectivity index is 1.33. The first-order chi connectivity index (χ1) is 16.1. The zero-order valence-corrected chi connectivity index (χ0v) is 20.3. The van der Waals surface area contributed by atoms with E-state index in [1.807, 2.05) is 0 Å². The largest absolute Gasteiger partial charge is 0.375 e. The molecule has 0 saturated carbocycles. The minimum Gasteiger partial charge on any atom is -0.375 e. The zero-order valence-electron chi connectivity index (χ0n) is 20.3. The number of fused-ring (bicyclic) bond motifs is 2. The molecule has 1 heterocycles. The molecule has 170 valence electrons. The van der Waals surface area contributed by atoms with Gasteiger partial charge in [-0.1, -0.05) is 72.3 Å². The molecule has 2 heteroatoms. The van der Waals surface area contributed by atoms with Gasteiger partial charge in [-0.3, -0.25) is 4.90 Å². The normalized spacial score (nSPS) is 18.5. The van der Waals surface area contributed by atoms with Gasteiger partial charge < -0.3 is 4.90 Å². The molecule has 3 aromatic rings. The highest BCUT2D eigenvalue weighted by molar-refractivity contribution is 5.76. The predicted molar refractivity (Wildman–Crippen MR) is 142 cm³/mol. The SMILES string of the molecule is CCN(C)c1ccc(CN2CCC(C3c4ccccc4C=Cc4ccc(C)cc43)CC2)cc1. The molecule has 1 aliphatic heterocycles. The van der Waals surface area contributed by atoms with Crippen molar-refractivity contribution in [1.82, 2.24) is 4.90 Å². The van der Waals surface area contributed by atoms with Gasteiger partial charge in [0.25, 0.3) is 0 Å². The lowest BCUT2D eigenvalue weighted by Crippen LogP contribution is -2.35. The van der Waals surface area contributed by atoms with Crippen molar-refractivity contribution in [3.05, 3.63) is 100 Å². The Kier molecular flexibility index (Phi) is 6.37. The molecule has 0 bridgehead atoms. The van der Waals surface area contributed by atoms with Gasteiger partial charge in [0.1, 0.15) is 0 Å². The van der Waals surface area contributed by atoms with Crippen molar-refractivity contribution >= 4 is 17.8 Å². The molecular weight excluding hydrogens is 400 g/mol. The number of aryl methyl sites for hydroxylation is 1. The molecule has 3 aromatic carbocycles. The van der Waals surface area contributed by atoms with Crippen molar-refractivity contribution in [3.8, 4) is 0 Å². The number of rotatable bonds is 5. The highest BCUT2D eigenvalue weighted by atomic mass is 15.1. The summed E-state index contributed by atoms with van der Waals surface area (Å²) >= 11 is 0. The molecule has 0 aromatic heterocycles. The Morgan fingerprint density at radius 1 is 0.848 bits per heavy atom. The highest BCUT2D eigenvalue weighted by Crippen LogP contribution is 2.43. The van der Waals surface area contributed by atoms with Crippen molar-refractivity contribution in [2.45, 2.75) is 39.2 Å². The second-order valence-electron chi connectivity index (χ2n) is 9.87. The summed E-state index contributed by atoms with van der Waals surface area (Å²) in [5.41, 5.74) is 9.89. The van der Waals surface area contributed by atoms with Crippen LogP contribution in [0, 0.1) is 12.8 Å². The number of nitrogens with zero attached hydrogens (tertiary/aromatic N) is 2. The molecule has 1 fully saturated rings. The summed E-state index contributed by atoms with van der Waals surface area (Å²) in [6, 6.07) is 25.2. The Morgan fingerprint density at radius 3 is 2.27 bits per heavy atom. The lowest BCUT2D eigenvalue weighted by Gasteiger charge is -2.37. The van der Waals surface area contributed by atoms with Gasteiger partial charge in [0.2, 0.25) is 0 Å². The van der Waals surface area contributed by atoms with Crippen LogP contribution in [0.2, 0.25) is 0 Å². The van der Waals surface area contributed by atoms with Crippen LogP contribution in [0.25, 0.3) is 12.2 Å². The third-order valence-corrected chi connectivity index (χ3v) is 7.71. The van der Waals surface area contributed by atoms with E-state index in [9.17, 15) is 0 Å². The molecule has 1 unspecified atom stereocenters. The topological polar surface area (TPSA) is 6.48 Å². The first-order valence-electron chi connectivity index (χ1n) is 12.5. The molecular formula is C31H36N2. The van der Waals surface area contributed by atoms with E-state index in [0.29, 0.717) is 11.8 Å². The van der Waals surface area contributed by atoms with E-state index in [2.05, 4.69) is 110 Å². The van der Waals surface area contributed by atoms with Gasteiger partial charge in [-0.05, 0) is 85.6 Å². The maximum absolute atomic E-state index is 2.65. The molecule has 2 nitrogen and oxygen atoms in total. The summed E-state index contributed by atoms with van der Waals surface area (Å²) in [6.45, 7) is 8.87. The van der Waals surface area contributed by atoms with Crippen LogP contribution in [0.15, 0.2) is 66.7 Å². The molecule has 1 atom stereocenters. The van der Waals surface area contributed by atoms with E-state index < -0.39 is 0 Å². The fourth-order valence-electron chi connectivity index (χ4n) is 5.66. The highest BCUT2D eigenvalue weighted by Gasteiger charge is 2.32. The number of piperidine rings is 1. The van der Waals surface area contributed by atoms with Gasteiger partial charge in [0.05, 0.1) is 0 Å². The molecule has 0 amide bonds. The van der Waals surface area contributed by atoms with Gasteiger partial charge in [-0.15, -0.1) is 0 Å². The lowest BCUT2D eigenvalue weighted by molar-refractivity contribution is 0.168. The smallest absolute Gasteiger partial charge is 0.0363 e. The second-order valence-corrected chi connectivity index (χ2v) is 9.87. The standard InChI is InChI=1S/C31H36N2/c1-4-32(3)28-15-10-24(11-16-28)22-33-19-17-27(18-20-33)31-29-8-6-5-7-25(29)13-14-26-12-9-23(2)21-30(26)31/h5-16,21,27,31H,4,17-20,22H2,1-3H3. The Hall–Kier alpha value is -2.84. The molecule has 5 rings (SSSR count). The van der Waals surface area contributed by atoms with Gasteiger partial charge in [-0.2, -0.15) is 0 Å². The monoisotopic (exact) mass is 436 g/mol. The van der Waals surface area contributed by atoms with Gasteiger partial charge in [-0.25, -0.2) is 0 Å². The molecule has 1 saturated heterocycles. The third kappa shape index (κ3) is 4.63. The van der Waals surface area contributed by atoms with Crippen LogP contribution in [-0.4, -0.2) is 31.6 Å². The van der Waals surface area contributed by atoms with E-state index in [1.165, 1.54) is 65.0 Å². The summed E-state index contributed by atoms with van der Waals surface area (Å²) in [7, 11) is 2.15. The van der Waals surface area contributed by atoms with Crippen molar-refractivity contribution in [1.29, 1.82) is 0 Å². The van der Waals surface area contributed by atoms with Crippen LogP contribution in [-0.2, 0) is 6.54 Å². The second kappa shape index (κ2) is 9.57. The van der Waals surface area contributed by atoms with Crippen LogP contribution in [0.4, 0.5) is 5.69 Å². The average Bonchev–Trinajstić information content (AvgIpc) is 3.01. The number of anilines is 1. The molecule has 2 aliphatic rings. The van der Waals surface area contributed by atoms with E-state index in [1.54, 1.807) is 0 Å². The van der Waals surface area contributed by atoms with Crippen molar-refractivity contribution in [3.63, 3.8) is 0 Å². The van der Waals surface area contributed by atoms with Gasteiger partial charge >= 0.3 is 0 Å². The predicted octanol–water partition coefficient (Wildman–Crippen LogP) is 6.98. The average molecular weight is 437 g/mol. The summed E-state index contributed by atoms with van der Waals surface area (Å²) in [4.78, 5) is 4.93. The van der Waals surface area contributed by atoms with Crippen LogP contribution in [0.3, 0.4) is 0 Å². The molecule has 1 aliphatic carbocycles. The van der Waals surface area contributed by atoms with Crippen LogP contribution >= 0.6 is 0 Å². The van der Waals surface area contributed by atoms with E-state index in [-0.39, 0.29) is 0 Å². The van der Waals surface area contributed by atoms with Crippen molar-refractivity contribution in [2.24, 2.45) is 5.92 Å². The number of hydrogen-bond acceptors (Lipinski definition) is 2. The summed E-state index contributed by atoms with van der Waals surface area (Å²) in [5.74, 6) is 1.17. The summed E-state index contributed by atoms with van der Waals surface area (Å²) in [6.07, 6.45) is 7.15. The van der Waals surface area contributed by atoms with Crippen LogP contribution in [0.1, 0.15) is 59.1 Å². The summed E-state index contributed by atoms with van der Waals surface area (Å²) < 4.78 is 0. The Morgan fingerprint density at radius 2 is 1.55 bits per heavy atom. The number of benzene rings is 3. The van der Waals surface area contributed by atoms with Gasteiger partial charge in [0, 0.05) is 31.7 Å². The van der Waals surface area contributed by atoms with Crippen molar-refractivity contribution in [2.75, 3.05) is 31.6 Å². The van der Waals surface area contributed by atoms with Crippen LogP contribution in [0.5, 0.6) is 0 Å². The molecule has 0 spiro atoms. The Bertz CT molecular complexity index is 1120. The molecule has 0 N–H and O–H groups in total. The minimum absolute atomic E-state index is 0.483. The fraction of sp³-hybridized carbons (Fsp3) is 0.355. The first kappa shape index (κ1) is 22.0. The van der Waals surface area contributed by atoms with Crippen molar-refractivity contribution < 1.29 is 0 Å². The number of hydrogen-bond donors (Lipinski definition) is 0. The Labute approximate surface area is 199 Å².